The molecule has 1 aromatic carbocycles. The average molecular weight is 318 g/mol. The molecule has 7 heteroatoms. The summed E-state index contributed by atoms with van der Waals surface area (Å²) in [4.78, 5) is 12.0. The molecule has 0 atom stereocenters. The first kappa shape index (κ1) is 14.1. The van der Waals surface area contributed by atoms with Crippen LogP contribution in [0.25, 0.3) is 10.2 Å². The molecule has 5 nitrogen and oxygen atoms in total. The van der Waals surface area contributed by atoms with Gasteiger partial charge in [0.05, 0.1) is 12.0 Å². The molecule has 0 saturated carbocycles. The van der Waals surface area contributed by atoms with E-state index < -0.39 is 0 Å². The molecular formula is C14H14N4OS2. The van der Waals surface area contributed by atoms with Crippen LogP contribution in [0.4, 0.5) is 5.95 Å². The molecule has 0 fully saturated rings. The highest BCUT2D eigenvalue weighted by Gasteiger charge is 2.13. The standard InChI is InChI=1S/C14H14N4OS2/c1-8-7-9-12(20-8)16-14(18-15)17-13(9)21-11-6-4-3-5-10(11)19-2/h3-7H,15H2,1-2H3,(H,16,17,18). The minimum absolute atomic E-state index is 0.418. The molecule has 3 rings (SSSR count). The van der Waals surface area contributed by atoms with E-state index in [1.807, 2.05) is 24.3 Å². The summed E-state index contributed by atoms with van der Waals surface area (Å²) < 4.78 is 5.39. The number of nitrogen functional groups attached to an aromatic ring is 1. The Labute approximate surface area is 130 Å². The van der Waals surface area contributed by atoms with Gasteiger partial charge >= 0.3 is 0 Å². The van der Waals surface area contributed by atoms with Gasteiger partial charge in [0.25, 0.3) is 0 Å². The number of para-hydroxylation sites is 1. The summed E-state index contributed by atoms with van der Waals surface area (Å²) in [7, 11) is 1.66. The van der Waals surface area contributed by atoms with Gasteiger partial charge in [-0.15, -0.1) is 11.3 Å². The van der Waals surface area contributed by atoms with Gasteiger partial charge in [0.1, 0.15) is 15.6 Å². The number of nitrogens with zero attached hydrogens (tertiary/aromatic N) is 2. The molecule has 0 unspecified atom stereocenters. The predicted octanol–water partition coefficient (Wildman–Crippen LogP) is 3.45. The van der Waals surface area contributed by atoms with Crippen LogP contribution in [0, 0.1) is 6.92 Å². The van der Waals surface area contributed by atoms with E-state index in [-0.39, 0.29) is 0 Å². The normalized spacial score (nSPS) is 10.8. The number of methoxy groups -OCH3 is 1. The summed E-state index contributed by atoms with van der Waals surface area (Å²) in [6, 6.07) is 9.95. The zero-order valence-corrected chi connectivity index (χ0v) is 13.2. The summed E-state index contributed by atoms with van der Waals surface area (Å²) in [6.45, 7) is 2.06. The number of fused-ring (bicyclic) bond motifs is 1. The Morgan fingerprint density at radius 1 is 1.29 bits per heavy atom. The number of thiophene rings is 1. The SMILES string of the molecule is COc1ccccc1Sc1nc(NN)nc2sc(C)cc12. The monoisotopic (exact) mass is 318 g/mol. The fourth-order valence-electron chi connectivity index (χ4n) is 1.97. The third kappa shape index (κ3) is 2.80. The summed E-state index contributed by atoms with van der Waals surface area (Å²) in [5.74, 6) is 6.70. The number of anilines is 1. The van der Waals surface area contributed by atoms with Crippen LogP contribution in [-0.4, -0.2) is 17.1 Å². The van der Waals surface area contributed by atoms with Gasteiger partial charge in [-0.2, -0.15) is 0 Å². The zero-order valence-electron chi connectivity index (χ0n) is 11.6. The molecule has 3 aromatic rings. The van der Waals surface area contributed by atoms with Crippen molar-refractivity contribution in [2.75, 3.05) is 12.5 Å². The highest BCUT2D eigenvalue weighted by Crippen LogP contribution is 2.39. The van der Waals surface area contributed by atoms with Crippen LogP contribution in [0.2, 0.25) is 0 Å². The topological polar surface area (TPSA) is 73.1 Å². The molecule has 0 radical (unpaired) electrons. The number of aromatic nitrogens is 2. The third-order valence-electron chi connectivity index (χ3n) is 2.89. The van der Waals surface area contributed by atoms with Crippen molar-refractivity contribution in [2.24, 2.45) is 5.84 Å². The summed E-state index contributed by atoms with van der Waals surface area (Å²) in [5.41, 5.74) is 2.52. The Morgan fingerprint density at radius 3 is 2.86 bits per heavy atom. The third-order valence-corrected chi connectivity index (χ3v) is 4.89. The maximum atomic E-state index is 5.46. The van der Waals surface area contributed by atoms with E-state index in [2.05, 4.69) is 28.4 Å². The van der Waals surface area contributed by atoms with Crippen LogP contribution < -0.4 is 16.0 Å². The van der Waals surface area contributed by atoms with E-state index in [9.17, 15) is 0 Å². The number of hydrogen-bond acceptors (Lipinski definition) is 7. The van der Waals surface area contributed by atoms with Crippen molar-refractivity contribution in [3.63, 3.8) is 0 Å². The number of benzene rings is 1. The molecule has 0 amide bonds. The lowest BCUT2D eigenvalue weighted by Crippen LogP contribution is -2.10. The van der Waals surface area contributed by atoms with E-state index in [0.29, 0.717) is 5.95 Å². The largest absolute Gasteiger partial charge is 0.496 e. The average Bonchev–Trinajstić information content (AvgIpc) is 2.88. The number of rotatable bonds is 4. The second kappa shape index (κ2) is 5.88. The lowest BCUT2D eigenvalue weighted by molar-refractivity contribution is 0.405. The highest BCUT2D eigenvalue weighted by atomic mass is 32.2. The van der Waals surface area contributed by atoms with Crippen LogP contribution in [0.1, 0.15) is 4.88 Å². The van der Waals surface area contributed by atoms with Crippen molar-refractivity contribution in [2.45, 2.75) is 16.8 Å². The molecule has 108 valence electrons. The molecule has 0 saturated heterocycles. The molecule has 0 aliphatic rings. The lowest BCUT2D eigenvalue weighted by atomic mass is 10.3. The number of aryl methyl sites for hydroxylation is 1. The summed E-state index contributed by atoms with van der Waals surface area (Å²) in [6.07, 6.45) is 0. The molecular weight excluding hydrogens is 304 g/mol. The smallest absolute Gasteiger partial charge is 0.239 e. The summed E-state index contributed by atoms with van der Waals surface area (Å²) in [5, 5.41) is 1.90. The number of hydrogen-bond donors (Lipinski definition) is 2. The highest BCUT2D eigenvalue weighted by molar-refractivity contribution is 7.99. The van der Waals surface area contributed by atoms with Crippen LogP contribution in [-0.2, 0) is 0 Å². The van der Waals surface area contributed by atoms with Crippen LogP contribution in [0.3, 0.4) is 0 Å². The second-order valence-corrected chi connectivity index (χ2v) is 6.59. The van der Waals surface area contributed by atoms with Gasteiger partial charge in [-0.1, -0.05) is 23.9 Å². The van der Waals surface area contributed by atoms with Crippen molar-refractivity contribution in [1.29, 1.82) is 0 Å². The Hall–Kier alpha value is -1.83. The van der Waals surface area contributed by atoms with E-state index in [4.69, 9.17) is 10.6 Å². The lowest BCUT2D eigenvalue weighted by Gasteiger charge is -2.08. The molecule has 2 heterocycles. The first-order valence-electron chi connectivity index (χ1n) is 6.27. The number of nitrogens with two attached hydrogens (primary N) is 1. The molecule has 3 N–H and O–H groups in total. The van der Waals surface area contributed by atoms with Crippen LogP contribution in [0.5, 0.6) is 5.75 Å². The quantitative estimate of drug-likeness (QED) is 0.436. The Balaban J connectivity index is 2.10. The molecule has 2 aromatic heterocycles. The molecule has 0 aliphatic carbocycles. The van der Waals surface area contributed by atoms with Gasteiger partial charge in [0.2, 0.25) is 5.95 Å². The van der Waals surface area contributed by atoms with Gasteiger partial charge in [0, 0.05) is 10.3 Å². The van der Waals surface area contributed by atoms with Crippen molar-refractivity contribution in [3.05, 3.63) is 35.2 Å². The predicted molar refractivity (Wildman–Crippen MR) is 87.1 cm³/mol. The van der Waals surface area contributed by atoms with Crippen molar-refractivity contribution in [3.8, 4) is 5.75 Å². The van der Waals surface area contributed by atoms with Crippen LogP contribution in [0.15, 0.2) is 40.3 Å². The van der Waals surface area contributed by atoms with Crippen molar-refractivity contribution in [1.82, 2.24) is 9.97 Å². The Morgan fingerprint density at radius 2 is 2.10 bits per heavy atom. The first-order valence-corrected chi connectivity index (χ1v) is 7.90. The Bertz CT molecular complexity index is 788. The molecule has 21 heavy (non-hydrogen) atoms. The van der Waals surface area contributed by atoms with E-state index in [1.54, 1.807) is 30.2 Å². The zero-order chi connectivity index (χ0) is 14.8. The van der Waals surface area contributed by atoms with Gasteiger partial charge < -0.3 is 4.74 Å². The number of ether oxygens (including phenoxy) is 1. The minimum Gasteiger partial charge on any atom is -0.496 e. The van der Waals surface area contributed by atoms with E-state index in [1.165, 1.54) is 4.88 Å². The Kier molecular flexibility index (Phi) is 3.96. The van der Waals surface area contributed by atoms with Crippen molar-refractivity contribution < 1.29 is 4.74 Å². The fourth-order valence-corrected chi connectivity index (χ4v) is 3.91. The van der Waals surface area contributed by atoms with Crippen molar-refractivity contribution >= 4 is 39.3 Å². The van der Waals surface area contributed by atoms with Gasteiger partial charge in [-0.05, 0) is 25.1 Å². The fraction of sp³-hybridized carbons (Fsp3) is 0.143. The maximum Gasteiger partial charge on any atom is 0.239 e. The molecule has 0 bridgehead atoms. The number of hydrazine groups is 1. The number of nitrogens with one attached hydrogen (secondary N) is 1. The van der Waals surface area contributed by atoms with Crippen LogP contribution >= 0.6 is 23.1 Å². The minimum atomic E-state index is 0.418. The molecule has 0 spiro atoms. The molecule has 0 aliphatic heterocycles. The second-order valence-electron chi connectivity index (χ2n) is 4.33. The van der Waals surface area contributed by atoms with Gasteiger partial charge in [0.15, 0.2) is 0 Å². The van der Waals surface area contributed by atoms with E-state index in [0.717, 1.165) is 25.9 Å². The first-order chi connectivity index (χ1) is 10.2. The maximum absolute atomic E-state index is 5.46. The van der Waals surface area contributed by atoms with Gasteiger partial charge in [-0.3, -0.25) is 5.43 Å². The van der Waals surface area contributed by atoms with E-state index >= 15 is 0 Å². The van der Waals surface area contributed by atoms with Gasteiger partial charge in [-0.25, -0.2) is 15.8 Å². The summed E-state index contributed by atoms with van der Waals surface area (Å²) >= 11 is 3.17.